The van der Waals surface area contributed by atoms with Crippen LogP contribution in [0.25, 0.3) is 0 Å². The average Bonchev–Trinajstić information content (AvgIpc) is 2.34. The van der Waals surface area contributed by atoms with Crippen molar-refractivity contribution >= 4 is 17.8 Å². The molecular weight excluding hydrogens is 222 g/mol. The molecule has 1 N–H and O–H groups in total. The summed E-state index contributed by atoms with van der Waals surface area (Å²) >= 11 is 0. The van der Waals surface area contributed by atoms with Crippen LogP contribution in [0.1, 0.15) is 30.1 Å². The molecule has 1 aromatic carbocycles. The van der Waals surface area contributed by atoms with Crippen molar-refractivity contribution < 1.29 is 9.72 Å². The molecule has 90 valence electrons. The Kier molecular flexibility index (Phi) is 4.80. The zero-order valence-electron chi connectivity index (χ0n) is 9.42. The lowest BCUT2D eigenvalue weighted by atomic mass is 10.2. The highest BCUT2D eigenvalue weighted by Crippen LogP contribution is 2.11. The number of benzene rings is 1. The predicted molar refractivity (Wildman–Crippen MR) is 64.0 cm³/mol. The lowest BCUT2D eigenvalue weighted by Gasteiger charge is -1.98. The van der Waals surface area contributed by atoms with Gasteiger partial charge in [-0.15, -0.1) is 0 Å². The monoisotopic (exact) mass is 235 g/mol. The molecule has 6 heteroatoms. The zero-order chi connectivity index (χ0) is 12.7. The van der Waals surface area contributed by atoms with E-state index in [1.54, 1.807) is 6.21 Å². The van der Waals surface area contributed by atoms with Gasteiger partial charge in [0.05, 0.1) is 4.92 Å². The van der Waals surface area contributed by atoms with Gasteiger partial charge in [0, 0.05) is 23.9 Å². The van der Waals surface area contributed by atoms with Crippen LogP contribution in [0.15, 0.2) is 29.4 Å². The first-order chi connectivity index (χ1) is 8.15. The second-order valence-corrected chi connectivity index (χ2v) is 3.35. The van der Waals surface area contributed by atoms with Crippen molar-refractivity contribution in [3.05, 3.63) is 39.9 Å². The van der Waals surface area contributed by atoms with Crippen molar-refractivity contribution in [1.29, 1.82) is 0 Å². The molecule has 1 aromatic rings. The number of nitro benzene ring substituents is 1. The van der Waals surface area contributed by atoms with E-state index in [1.807, 2.05) is 6.92 Å². The van der Waals surface area contributed by atoms with E-state index in [2.05, 4.69) is 10.5 Å². The van der Waals surface area contributed by atoms with Crippen LogP contribution in [-0.4, -0.2) is 17.0 Å². The Hall–Kier alpha value is -2.24. The highest BCUT2D eigenvalue weighted by molar-refractivity contribution is 5.94. The molecule has 0 aromatic heterocycles. The third kappa shape index (κ3) is 4.02. The number of hydrogen-bond acceptors (Lipinski definition) is 4. The number of unbranched alkanes of at least 4 members (excludes halogenated alkanes) is 1. The minimum absolute atomic E-state index is 0.0453. The summed E-state index contributed by atoms with van der Waals surface area (Å²) in [6, 6.07) is 5.35. The van der Waals surface area contributed by atoms with Crippen molar-refractivity contribution in [3.8, 4) is 0 Å². The maximum Gasteiger partial charge on any atom is 0.271 e. The number of hydrogen-bond donors (Lipinski definition) is 1. The molecule has 1 rings (SSSR count). The number of carbonyl (C=O) groups excluding carboxylic acids is 1. The summed E-state index contributed by atoms with van der Waals surface area (Å²) in [5.41, 5.74) is 2.64. The van der Waals surface area contributed by atoms with E-state index in [4.69, 9.17) is 0 Å². The number of hydrazone groups is 1. The number of non-ortho nitro benzene ring substituents is 1. The average molecular weight is 235 g/mol. The molecule has 0 aliphatic carbocycles. The van der Waals surface area contributed by atoms with Crippen molar-refractivity contribution in [2.24, 2.45) is 5.10 Å². The number of nitro groups is 1. The van der Waals surface area contributed by atoms with Gasteiger partial charge in [0.1, 0.15) is 0 Å². The molecular formula is C11H13N3O3. The highest BCUT2D eigenvalue weighted by atomic mass is 16.6. The third-order valence-electron chi connectivity index (χ3n) is 2.02. The third-order valence-corrected chi connectivity index (χ3v) is 2.02. The van der Waals surface area contributed by atoms with Gasteiger partial charge in [-0.2, -0.15) is 5.10 Å². The first-order valence-corrected chi connectivity index (χ1v) is 5.21. The van der Waals surface area contributed by atoms with Crippen molar-refractivity contribution in [3.63, 3.8) is 0 Å². The Bertz CT molecular complexity index is 426. The number of rotatable bonds is 5. The van der Waals surface area contributed by atoms with E-state index in [9.17, 15) is 14.9 Å². The largest absolute Gasteiger partial charge is 0.271 e. The number of nitrogens with one attached hydrogen (secondary N) is 1. The Labute approximate surface area is 98.5 Å². The fraction of sp³-hybridized carbons (Fsp3) is 0.273. The number of nitrogens with zero attached hydrogens (tertiary/aromatic N) is 2. The SMILES string of the molecule is CCC/C=N/NC(=O)c1ccc([N+](=O)[O-])cc1. The van der Waals surface area contributed by atoms with E-state index in [1.165, 1.54) is 24.3 Å². The second-order valence-electron chi connectivity index (χ2n) is 3.35. The maximum absolute atomic E-state index is 11.5. The molecule has 0 atom stereocenters. The Morgan fingerprint density at radius 2 is 2.12 bits per heavy atom. The molecule has 0 aliphatic heterocycles. The minimum Gasteiger partial charge on any atom is -0.267 e. The first-order valence-electron chi connectivity index (χ1n) is 5.21. The quantitative estimate of drug-likeness (QED) is 0.482. The molecule has 0 saturated carbocycles. The van der Waals surface area contributed by atoms with Crippen molar-refractivity contribution in [2.75, 3.05) is 0 Å². The van der Waals surface area contributed by atoms with E-state index in [0.29, 0.717) is 5.56 Å². The molecule has 17 heavy (non-hydrogen) atoms. The van der Waals surface area contributed by atoms with Crippen LogP contribution in [0.5, 0.6) is 0 Å². The van der Waals surface area contributed by atoms with Gasteiger partial charge in [-0.25, -0.2) is 5.43 Å². The minimum atomic E-state index is -0.513. The lowest BCUT2D eigenvalue weighted by molar-refractivity contribution is -0.384. The van der Waals surface area contributed by atoms with Gasteiger partial charge in [0.2, 0.25) is 0 Å². The molecule has 0 spiro atoms. The normalized spacial score (nSPS) is 10.4. The Balaban J connectivity index is 2.60. The van der Waals surface area contributed by atoms with E-state index >= 15 is 0 Å². The molecule has 0 saturated heterocycles. The summed E-state index contributed by atoms with van der Waals surface area (Å²) < 4.78 is 0. The summed E-state index contributed by atoms with van der Waals surface area (Å²) in [7, 11) is 0. The highest BCUT2D eigenvalue weighted by Gasteiger charge is 2.08. The summed E-state index contributed by atoms with van der Waals surface area (Å²) in [4.78, 5) is 21.4. The molecule has 1 amide bonds. The van der Waals surface area contributed by atoms with Gasteiger partial charge < -0.3 is 0 Å². The Morgan fingerprint density at radius 3 is 2.65 bits per heavy atom. The van der Waals surface area contributed by atoms with Crippen LogP contribution in [0.4, 0.5) is 5.69 Å². The summed E-state index contributed by atoms with van der Waals surface area (Å²) in [5.74, 6) is -0.382. The van der Waals surface area contributed by atoms with Gasteiger partial charge in [-0.1, -0.05) is 13.3 Å². The number of carbonyl (C=O) groups is 1. The van der Waals surface area contributed by atoms with Gasteiger partial charge in [0.25, 0.3) is 11.6 Å². The van der Waals surface area contributed by atoms with Crippen LogP contribution >= 0.6 is 0 Å². The summed E-state index contributed by atoms with van der Waals surface area (Å²) in [5, 5.41) is 14.1. The molecule has 0 aliphatic rings. The Morgan fingerprint density at radius 1 is 1.47 bits per heavy atom. The molecule has 0 heterocycles. The molecule has 0 fully saturated rings. The fourth-order valence-corrected chi connectivity index (χ4v) is 1.10. The lowest BCUT2D eigenvalue weighted by Crippen LogP contribution is -2.17. The first kappa shape index (κ1) is 12.8. The van der Waals surface area contributed by atoms with Gasteiger partial charge in [-0.05, 0) is 18.6 Å². The van der Waals surface area contributed by atoms with Gasteiger partial charge >= 0.3 is 0 Å². The maximum atomic E-state index is 11.5. The molecule has 6 nitrogen and oxygen atoms in total. The van der Waals surface area contributed by atoms with Crippen molar-refractivity contribution in [1.82, 2.24) is 5.43 Å². The predicted octanol–water partition coefficient (Wildman–Crippen LogP) is 2.11. The van der Waals surface area contributed by atoms with E-state index in [0.717, 1.165) is 12.8 Å². The van der Waals surface area contributed by atoms with E-state index < -0.39 is 4.92 Å². The standard InChI is InChI=1S/C11H13N3O3/c1-2-3-8-12-13-11(15)9-4-6-10(7-5-9)14(16)17/h4-8H,2-3H2,1H3,(H,13,15)/b12-8+. The molecule has 0 radical (unpaired) electrons. The number of amides is 1. The van der Waals surface area contributed by atoms with Crippen LogP contribution in [0.2, 0.25) is 0 Å². The van der Waals surface area contributed by atoms with Crippen LogP contribution in [-0.2, 0) is 0 Å². The summed E-state index contributed by atoms with van der Waals surface area (Å²) in [6.07, 6.45) is 3.36. The van der Waals surface area contributed by atoms with Crippen LogP contribution in [0.3, 0.4) is 0 Å². The van der Waals surface area contributed by atoms with Gasteiger partial charge in [-0.3, -0.25) is 14.9 Å². The second kappa shape index (κ2) is 6.37. The summed E-state index contributed by atoms with van der Waals surface area (Å²) in [6.45, 7) is 2.00. The fourth-order valence-electron chi connectivity index (χ4n) is 1.10. The van der Waals surface area contributed by atoms with Crippen molar-refractivity contribution in [2.45, 2.75) is 19.8 Å². The molecule has 0 bridgehead atoms. The van der Waals surface area contributed by atoms with Crippen LogP contribution in [0, 0.1) is 10.1 Å². The van der Waals surface area contributed by atoms with Crippen LogP contribution < -0.4 is 5.43 Å². The van der Waals surface area contributed by atoms with E-state index in [-0.39, 0.29) is 11.6 Å². The van der Waals surface area contributed by atoms with Gasteiger partial charge in [0.15, 0.2) is 0 Å². The molecule has 0 unspecified atom stereocenters. The zero-order valence-corrected chi connectivity index (χ0v) is 9.42. The topological polar surface area (TPSA) is 84.6 Å². The smallest absolute Gasteiger partial charge is 0.267 e.